The summed E-state index contributed by atoms with van der Waals surface area (Å²) >= 11 is 0. The zero-order valence-corrected chi connectivity index (χ0v) is 14.4. The SMILES string of the molecule is C[C@@H]1CCC[C@@]1(O)Nc1ncnc2c1ncn2[C@@H]1O[C@H](CO)[C@@H](O)[C@H]1O. The molecule has 1 saturated heterocycles. The predicted molar refractivity (Wildman–Crippen MR) is 89.9 cm³/mol. The molecule has 2 fully saturated rings. The van der Waals surface area contributed by atoms with E-state index in [9.17, 15) is 20.4 Å². The molecule has 0 amide bonds. The largest absolute Gasteiger partial charge is 0.394 e. The fourth-order valence-corrected chi connectivity index (χ4v) is 3.79. The van der Waals surface area contributed by atoms with Gasteiger partial charge >= 0.3 is 0 Å². The number of ether oxygens (including phenoxy) is 1. The fraction of sp³-hybridized carbons (Fsp3) is 0.688. The van der Waals surface area contributed by atoms with E-state index < -0.39 is 36.9 Å². The second kappa shape index (κ2) is 6.39. The molecule has 2 aromatic heterocycles. The zero-order chi connectivity index (χ0) is 18.5. The third-order valence-corrected chi connectivity index (χ3v) is 5.50. The second-order valence-electron chi connectivity index (χ2n) is 7.12. The van der Waals surface area contributed by atoms with E-state index in [4.69, 9.17) is 4.74 Å². The van der Waals surface area contributed by atoms with E-state index in [-0.39, 0.29) is 5.92 Å². The summed E-state index contributed by atoms with van der Waals surface area (Å²) in [7, 11) is 0. The lowest BCUT2D eigenvalue weighted by Gasteiger charge is -2.29. The van der Waals surface area contributed by atoms with Crippen LogP contribution < -0.4 is 5.32 Å². The maximum Gasteiger partial charge on any atom is 0.167 e. The molecular weight excluding hydrogens is 342 g/mol. The molecule has 0 spiro atoms. The summed E-state index contributed by atoms with van der Waals surface area (Å²) in [6, 6.07) is 0. The van der Waals surface area contributed by atoms with Gasteiger partial charge in [0.2, 0.25) is 0 Å². The van der Waals surface area contributed by atoms with Gasteiger partial charge in [-0.25, -0.2) is 15.0 Å². The second-order valence-corrected chi connectivity index (χ2v) is 7.12. The van der Waals surface area contributed by atoms with E-state index in [1.165, 1.54) is 17.2 Å². The Morgan fingerprint density at radius 2 is 2.12 bits per heavy atom. The summed E-state index contributed by atoms with van der Waals surface area (Å²) in [6.45, 7) is 1.57. The molecule has 6 atom stereocenters. The van der Waals surface area contributed by atoms with Crippen molar-refractivity contribution in [3.63, 3.8) is 0 Å². The first-order valence-electron chi connectivity index (χ1n) is 8.75. The van der Waals surface area contributed by atoms with Gasteiger partial charge < -0.3 is 30.5 Å². The van der Waals surface area contributed by atoms with Crippen LogP contribution in [0.25, 0.3) is 11.2 Å². The van der Waals surface area contributed by atoms with E-state index in [0.29, 0.717) is 23.4 Å². The van der Waals surface area contributed by atoms with Gasteiger partial charge in [-0.05, 0) is 19.3 Å². The number of hydrogen-bond acceptors (Lipinski definition) is 9. The molecule has 2 aromatic rings. The first-order chi connectivity index (χ1) is 12.4. The maximum atomic E-state index is 10.8. The highest BCUT2D eigenvalue weighted by Gasteiger charge is 2.44. The fourth-order valence-electron chi connectivity index (χ4n) is 3.79. The van der Waals surface area contributed by atoms with Crippen LogP contribution in [-0.4, -0.2) is 70.6 Å². The Labute approximate surface area is 149 Å². The number of fused-ring (bicyclic) bond motifs is 1. The van der Waals surface area contributed by atoms with E-state index in [0.717, 1.165) is 12.8 Å². The Morgan fingerprint density at radius 3 is 2.77 bits per heavy atom. The van der Waals surface area contributed by atoms with Gasteiger partial charge in [-0.3, -0.25) is 4.57 Å². The molecule has 142 valence electrons. The van der Waals surface area contributed by atoms with Crippen molar-refractivity contribution in [2.24, 2.45) is 5.92 Å². The van der Waals surface area contributed by atoms with Crippen molar-refractivity contribution in [1.82, 2.24) is 19.5 Å². The molecule has 0 aromatic carbocycles. The minimum absolute atomic E-state index is 0.0787. The molecule has 0 radical (unpaired) electrons. The van der Waals surface area contributed by atoms with Gasteiger partial charge in [-0.2, -0.15) is 0 Å². The topological polar surface area (TPSA) is 146 Å². The molecule has 0 bridgehead atoms. The van der Waals surface area contributed by atoms with Crippen LogP contribution in [0.5, 0.6) is 0 Å². The average molecular weight is 365 g/mol. The molecule has 10 nitrogen and oxygen atoms in total. The number of anilines is 1. The van der Waals surface area contributed by atoms with Crippen LogP contribution in [0.4, 0.5) is 5.82 Å². The molecule has 2 aliphatic rings. The Kier molecular flexibility index (Phi) is 4.32. The number of aliphatic hydroxyl groups is 4. The number of nitrogens with one attached hydrogen (secondary N) is 1. The summed E-state index contributed by atoms with van der Waals surface area (Å²) in [4.78, 5) is 12.7. The van der Waals surface area contributed by atoms with Crippen LogP contribution in [0.2, 0.25) is 0 Å². The lowest BCUT2D eigenvalue weighted by molar-refractivity contribution is -0.0511. The monoisotopic (exact) mass is 365 g/mol. The highest BCUT2D eigenvalue weighted by Crippen LogP contribution is 2.37. The molecular formula is C16H23N5O5. The van der Waals surface area contributed by atoms with Crippen LogP contribution in [0.1, 0.15) is 32.4 Å². The third kappa shape index (κ3) is 2.65. The average Bonchev–Trinajstić information content (AvgIpc) is 3.27. The summed E-state index contributed by atoms with van der Waals surface area (Å²) in [5, 5.41) is 43.3. The van der Waals surface area contributed by atoms with Crippen molar-refractivity contribution >= 4 is 17.0 Å². The molecule has 0 unspecified atom stereocenters. The molecule has 1 saturated carbocycles. The van der Waals surface area contributed by atoms with Crippen molar-refractivity contribution in [2.75, 3.05) is 11.9 Å². The van der Waals surface area contributed by atoms with Gasteiger partial charge in [0.05, 0.1) is 12.9 Å². The van der Waals surface area contributed by atoms with Crippen molar-refractivity contribution < 1.29 is 25.2 Å². The molecule has 4 rings (SSSR count). The minimum atomic E-state index is -1.23. The highest BCUT2D eigenvalue weighted by atomic mass is 16.6. The van der Waals surface area contributed by atoms with Gasteiger partial charge in [0.25, 0.3) is 0 Å². The predicted octanol–water partition coefficient (Wildman–Crippen LogP) is -0.642. The van der Waals surface area contributed by atoms with Crippen LogP contribution in [-0.2, 0) is 4.74 Å². The molecule has 26 heavy (non-hydrogen) atoms. The molecule has 3 heterocycles. The van der Waals surface area contributed by atoms with Gasteiger partial charge in [0, 0.05) is 5.92 Å². The molecule has 5 N–H and O–H groups in total. The lowest BCUT2D eigenvalue weighted by Crippen LogP contribution is -2.40. The Hall–Kier alpha value is -1.85. The molecule has 1 aliphatic carbocycles. The van der Waals surface area contributed by atoms with Crippen molar-refractivity contribution in [3.05, 3.63) is 12.7 Å². The standard InChI is InChI=1S/C16H23N5O5/c1-8-3-2-4-16(8,25)20-13-10-14(18-6-17-13)21(7-19-10)15-12(24)11(23)9(5-22)26-15/h6-9,11-12,15,22-25H,2-5H2,1H3,(H,17,18,20)/t8-,9-,11-,12-,15-,16+/m1/s1. The summed E-state index contributed by atoms with van der Waals surface area (Å²) < 4.78 is 7.03. The maximum absolute atomic E-state index is 10.8. The van der Waals surface area contributed by atoms with Crippen LogP contribution in [0, 0.1) is 5.92 Å². The number of imidazole rings is 1. The quantitative estimate of drug-likeness (QED) is 0.446. The normalized spacial score (nSPS) is 37.5. The lowest BCUT2D eigenvalue weighted by atomic mass is 10.0. The Bertz CT molecular complexity index is 800. The summed E-state index contributed by atoms with van der Waals surface area (Å²) in [5.74, 6) is 0.479. The van der Waals surface area contributed by atoms with E-state index in [1.54, 1.807) is 0 Å². The summed E-state index contributed by atoms with van der Waals surface area (Å²) in [6.07, 6.45) is 1.01. The number of rotatable bonds is 4. The number of nitrogens with zero attached hydrogens (tertiary/aromatic N) is 4. The Morgan fingerprint density at radius 1 is 1.31 bits per heavy atom. The van der Waals surface area contributed by atoms with Gasteiger partial charge in [0.1, 0.15) is 30.4 Å². The van der Waals surface area contributed by atoms with Gasteiger partial charge in [-0.1, -0.05) is 6.92 Å². The van der Waals surface area contributed by atoms with Gasteiger partial charge in [0.15, 0.2) is 23.2 Å². The van der Waals surface area contributed by atoms with Crippen molar-refractivity contribution in [3.8, 4) is 0 Å². The van der Waals surface area contributed by atoms with Crippen LogP contribution >= 0.6 is 0 Å². The van der Waals surface area contributed by atoms with Crippen molar-refractivity contribution in [1.29, 1.82) is 0 Å². The van der Waals surface area contributed by atoms with E-state index >= 15 is 0 Å². The first-order valence-corrected chi connectivity index (χ1v) is 8.75. The number of aromatic nitrogens is 4. The van der Waals surface area contributed by atoms with E-state index in [1.807, 2.05) is 6.92 Å². The highest BCUT2D eigenvalue weighted by molar-refractivity contribution is 5.83. The number of aliphatic hydroxyl groups excluding tert-OH is 3. The smallest absolute Gasteiger partial charge is 0.167 e. The van der Waals surface area contributed by atoms with Crippen LogP contribution in [0.3, 0.4) is 0 Å². The minimum Gasteiger partial charge on any atom is -0.394 e. The van der Waals surface area contributed by atoms with Crippen molar-refractivity contribution in [2.45, 2.75) is 56.5 Å². The summed E-state index contributed by atoms with van der Waals surface area (Å²) in [5.41, 5.74) is -0.226. The van der Waals surface area contributed by atoms with Gasteiger partial charge in [-0.15, -0.1) is 0 Å². The third-order valence-electron chi connectivity index (χ3n) is 5.50. The first kappa shape index (κ1) is 17.6. The van der Waals surface area contributed by atoms with E-state index in [2.05, 4.69) is 20.3 Å². The zero-order valence-electron chi connectivity index (χ0n) is 14.4. The Balaban J connectivity index is 1.68. The molecule has 10 heteroatoms. The number of hydrogen-bond donors (Lipinski definition) is 5. The molecule has 1 aliphatic heterocycles. The van der Waals surface area contributed by atoms with Crippen LogP contribution in [0.15, 0.2) is 12.7 Å².